The van der Waals surface area contributed by atoms with Crippen LogP contribution in [0.3, 0.4) is 0 Å². The van der Waals surface area contributed by atoms with E-state index in [-0.39, 0.29) is 24.2 Å². The molecule has 0 spiro atoms. The Morgan fingerprint density at radius 1 is 1.25 bits per heavy atom. The topological polar surface area (TPSA) is 82.2 Å². The van der Waals surface area contributed by atoms with Gasteiger partial charge in [-0.25, -0.2) is 0 Å². The lowest BCUT2D eigenvalue weighted by atomic mass is 10.1. The van der Waals surface area contributed by atoms with Gasteiger partial charge in [-0.1, -0.05) is 11.2 Å². The number of hydrogen-bond donors (Lipinski definition) is 1. The van der Waals surface area contributed by atoms with Crippen LogP contribution in [0.4, 0.5) is 0 Å². The van der Waals surface area contributed by atoms with Crippen LogP contribution in [0.25, 0.3) is 0 Å². The molecule has 0 fully saturated rings. The van der Waals surface area contributed by atoms with E-state index in [1.54, 1.807) is 6.92 Å². The van der Waals surface area contributed by atoms with Crippen molar-refractivity contribution in [3.63, 3.8) is 0 Å². The molecule has 3 aromatic rings. The van der Waals surface area contributed by atoms with Gasteiger partial charge in [0.2, 0.25) is 0 Å². The smallest absolute Gasteiger partial charge is 0.274 e. The molecule has 0 radical (unpaired) electrons. The van der Waals surface area contributed by atoms with E-state index in [0.29, 0.717) is 11.3 Å². The second kappa shape index (κ2) is 8.29. The van der Waals surface area contributed by atoms with E-state index < -0.39 is 0 Å². The first-order valence-electron chi connectivity index (χ1n) is 9.38. The molecular weight excluding hydrogens is 356 g/mol. The number of nitrogens with one attached hydrogen (secondary N) is 1. The fourth-order valence-corrected chi connectivity index (χ4v) is 2.82. The summed E-state index contributed by atoms with van der Waals surface area (Å²) in [5.74, 6) is 1.000. The Bertz CT molecular complexity index is 974. The molecule has 1 atom stereocenters. The Balaban J connectivity index is 1.70. The average molecular weight is 382 g/mol. The van der Waals surface area contributed by atoms with Crippen LogP contribution in [0.5, 0.6) is 5.75 Å². The highest BCUT2D eigenvalue weighted by Gasteiger charge is 2.22. The fraction of sp³-hybridized carbons (Fsp3) is 0.381. The van der Waals surface area contributed by atoms with Crippen molar-refractivity contribution in [1.29, 1.82) is 0 Å². The average Bonchev–Trinajstić information content (AvgIpc) is 3.29. The summed E-state index contributed by atoms with van der Waals surface area (Å²) in [6.45, 7) is 10.7. The molecule has 7 nitrogen and oxygen atoms in total. The quantitative estimate of drug-likeness (QED) is 0.670. The number of carbonyl (C=O) groups is 1. The van der Waals surface area contributed by atoms with E-state index in [4.69, 9.17) is 9.26 Å². The lowest BCUT2D eigenvalue weighted by Gasteiger charge is -2.12. The van der Waals surface area contributed by atoms with E-state index >= 15 is 0 Å². The lowest BCUT2D eigenvalue weighted by Crippen LogP contribution is -2.28. The van der Waals surface area contributed by atoms with E-state index in [0.717, 1.165) is 23.6 Å². The summed E-state index contributed by atoms with van der Waals surface area (Å²) in [6, 6.07) is 7.55. The third kappa shape index (κ3) is 4.24. The molecule has 0 bridgehead atoms. The zero-order valence-corrected chi connectivity index (χ0v) is 16.9. The predicted octanol–water partition coefficient (Wildman–Crippen LogP) is 3.89. The Morgan fingerprint density at radius 2 is 2.04 bits per heavy atom. The van der Waals surface area contributed by atoms with Crippen molar-refractivity contribution < 1.29 is 14.1 Å². The maximum absolute atomic E-state index is 12.7. The highest BCUT2D eigenvalue weighted by molar-refractivity contribution is 5.94. The Morgan fingerprint density at radius 3 is 2.71 bits per heavy atom. The summed E-state index contributed by atoms with van der Waals surface area (Å²) in [4.78, 5) is 12.7. The molecule has 1 aromatic carbocycles. The number of carbonyl (C=O) groups excluding carboxylic acids is 1. The third-order valence-corrected chi connectivity index (χ3v) is 4.84. The SMILES string of the molecule is CCn1ccc(C(C)NC(=O)c2noc(C)c2COc2ccc(C)c(C)c2)n1. The number of aryl methyl sites for hydroxylation is 4. The number of rotatable bonds is 7. The molecule has 3 rings (SSSR count). The summed E-state index contributed by atoms with van der Waals surface area (Å²) < 4.78 is 12.9. The van der Waals surface area contributed by atoms with Crippen LogP contribution in [0.2, 0.25) is 0 Å². The molecule has 7 heteroatoms. The molecule has 28 heavy (non-hydrogen) atoms. The summed E-state index contributed by atoms with van der Waals surface area (Å²) in [6.07, 6.45) is 1.89. The van der Waals surface area contributed by atoms with E-state index in [9.17, 15) is 4.79 Å². The van der Waals surface area contributed by atoms with Crippen molar-refractivity contribution in [3.8, 4) is 5.75 Å². The fourth-order valence-electron chi connectivity index (χ4n) is 2.82. The minimum absolute atomic E-state index is 0.208. The minimum atomic E-state index is -0.311. The lowest BCUT2D eigenvalue weighted by molar-refractivity contribution is 0.0927. The van der Waals surface area contributed by atoms with Gasteiger partial charge in [0, 0.05) is 12.7 Å². The first kappa shape index (κ1) is 19.7. The van der Waals surface area contributed by atoms with E-state index in [1.165, 1.54) is 5.56 Å². The van der Waals surface area contributed by atoms with Crippen LogP contribution in [0, 0.1) is 20.8 Å². The molecule has 2 heterocycles. The number of aromatic nitrogens is 3. The zero-order valence-electron chi connectivity index (χ0n) is 16.9. The number of amides is 1. The minimum Gasteiger partial charge on any atom is -0.489 e. The van der Waals surface area contributed by atoms with Gasteiger partial charge >= 0.3 is 0 Å². The first-order valence-corrected chi connectivity index (χ1v) is 9.38. The summed E-state index contributed by atoms with van der Waals surface area (Å²) in [5, 5.41) is 11.3. The molecule has 0 saturated carbocycles. The Kier molecular flexibility index (Phi) is 5.82. The normalized spacial score (nSPS) is 12.0. The molecular formula is C21H26N4O3. The molecule has 148 valence electrons. The molecule has 1 unspecified atom stereocenters. The number of hydrogen-bond acceptors (Lipinski definition) is 5. The largest absolute Gasteiger partial charge is 0.489 e. The maximum atomic E-state index is 12.7. The first-order chi connectivity index (χ1) is 13.4. The Hall–Kier alpha value is -3.09. The van der Waals surface area contributed by atoms with Crippen molar-refractivity contribution in [3.05, 3.63) is 64.3 Å². The molecule has 1 N–H and O–H groups in total. The molecule has 0 aliphatic rings. The van der Waals surface area contributed by atoms with Gasteiger partial charge in [-0.3, -0.25) is 9.48 Å². The third-order valence-electron chi connectivity index (χ3n) is 4.84. The number of nitrogens with zero attached hydrogens (tertiary/aromatic N) is 3. The predicted molar refractivity (Wildman–Crippen MR) is 105 cm³/mol. The summed E-state index contributed by atoms with van der Waals surface area (Å²) in [5.41, 5.74) is 4.03. The van der Waals surface area contributed by atoms with Crippen LogP contribution < -0.4 is 10.1 Å². The van der Waals surface area contributed by atoms with Gasteiger partial charge in [0.15, 0.2) is 5.69 Å². The zero-order chi connectivity index (χ0) is 20.3. The van der Waals surface area contributed by atoms with Crippen LogP contribution in [-0.4, -0.2) is 20.8 Å². The summed E-state index contributed by atoms with van der Waals surface area (Å²) in [7, 11) is 0. The van der Waals surface area contributed by atoms with Crippen LogP contribution in [0.15, 0.2) is 35.0 Å². The van der Waals surface area contributed by atoms with Gasteiger partial charge in [0.25, 0.3) is 5.91 Å². The van der Waals surface area contributed by atoms with Crippen molar-refractivity contribution in [2.24, 2.45) is 0 Å². The molecule has 0 saturated heterocycles. The second-order valence-corrected chi connectivity index (χ2v) is 6.89. The molecule has 0 aliphatic carbocycles. The van der Waals surface area contributed by atoms with E-state index in [1.807, 2.05) is 55.9 Å². The van der Waals surface area contributed by atoms with Crippen molar-refractivity contribution in [2.75, 3.05) is 0 Å². The highest BCUT2D eigenvalue weighted by Crippen LogP contribution is 2.21. The van der Waals surface area contributed by atoms with Gasteiger partial charge in [0.1, 0.15) is 18.1 Å². The maximum Gasteiger partial charge on any atom is 0.274 e. The van der Waals surface area contributed by atoms with Gasteiger partial charge < -0.3 is 14.6 Å². The summed E-state index contributed by atoms with van der Waals surface area (Å²) >= 11 is 0. The van der Waals surface area contributed by atoms with Crippen LogP contribution in [-0.2, 0) is 13.2 Å². The standard InChI is InChI=1S/C21H26N4O3/c1-6-25-10-9-19(23-25)15(4)22-21(26)20-18(16(5)28-24-20)12-27-17-8-7-13(2)14(3)11-17/h7-11,15H,6,12H2,1-5H3,(H,22,26). The highest BCUT2D eigenvalue weighted by atomic mass is 16.5. The van der Waals surface area contributed by atoms with Gasteiger partial charge in [0.05, 0.1) is 17.3 Å². The van der Waals surface area contributed by atoms with Gasteiger partial charge in [-0.05, 0) is 63.9 Å². The van der Waals surface area contributed by atoms with Crippen molar-refractivity contribution in [2.45, 2.75) is 53.8 Å². The van der Waals surface area contributed by atoms with Gasteiger partial charge in [-0.15, -0.1) is 0 Å². The van der Waals surface area contributed by atoms with Crippen molar-refractivity contribution >= 4 is 5.91 Å². The number of ether oxygens (including phenoxy) is 1. The van der Waals surface area contributed by atoms with Gasteiger partial charge in [-0.2, -0.15) is 5.10 Å². The van der Waals surface area contributed by atoms with E-state index in [2.05, 4.69) is 22.5 Å². The Labute approximate surface area is 164 Å². The van der Waals surface area contributed by atoms with Crippen LogP contribution in [0.1, 0.15) is 58.5 Å². The molecule has 0 aliphatic heterocycles. The van der Waals surface area contributed by atoms with Crippen molar-refractivity contribution in [1.82, 2.24) is 20.3 Å². The second-order valence-electron chi connectivity index (χ2n) is 6.89. The van der Waals surface area contributed by atoms with Crippen LogP contribution >= 0.6 is 0 Å². The monoisotopic (exact) mass is 382 g/mol. The molecule has 1 amide bonds. The molecule has 2 aromatic heterocycles. The number of benzene rings is 1.